The second-order valence-corrected chi connectivity index (χ2v) is 8.36. The summed E-state index contributed by atoms with van der Waals surface area (Å²) in [6.07, 6.45) is 4.95. The Kier molecular flexibility index (Phi) is 6.36. The predicted molar refractivity (Wildman–Crippen MR) is 117 cm³/mol. The number of carbonyl (C=O) groups is 2. The standard InChI is InChI=1S/C25H30N2O3/c1-18-5-7-20(8-6-18)24(28)21-11-14-27(15-12-21)25(29)26-13-16-30-23-10-9-19-3-2-4-22(19)17-23/h5-10,17,21H,2-4,11-16H2,1H3,(H,26,29). The van der Waals surface area contributed by atoms with E-state index in [0.29, 0.717) is 39.1 Å². The van der Waals surface area contributed by atoms with Crippen molar-refractivity contribution >= 4 is 11.8 Å². The van der Waals surface area contributed by atoms with E-state index in [-0.39, 0.29) is 17.7 Å². The number of hydrogen-bond acceptors (Lipinski definition) is 3. The number of urea groups is 1. The molecule has 2 aromatic rings. The zero-order valence-electron chi connectivity index (χ0n) is 17.7. The summed E-state index contributed by atoms with van der Waals surface area (Å²) < 4.78 is 5.80. The number of nitrogens with zero attached hydrogens (tertiary/aromatic N) is 1. The summed E-state index contributed by atoms with van der Waals surface area (Å²) in [7, 11) is 0. The van der Waals surface area contributed by atoms with Gasteiger partial charge in [-0.2, -0.15) is 0 Å². The minimum Gasteiger partial charge on any atom is -0.492 e. The van der Waals surface area contributed by atoms with Crippen molar-refractivity contribution in [3.05, 3.63) is 64.7 Å². The highest BCUT2D eigenvalue weighted by Crippen LogP contribution is 2.26. The average Bonchev–Trinajstić information content (AvgIpc) is 3.25. The Bertz CT molecular complexity index is 899. The van der Waals surface area contributed by atoms with E-state index in [2.05, 4.69) is 17.4 Å². The van der Waals surface area contributed by atoms with Gasteiger partial charge in [0.2, 0.25) is 0 Å². The molecule has 1 aliphatic carbocycles. The molecule has 4 rings (SSSR count). The van der Waals surface area contributed by atoms with Crippen molar-refractivity contribution in [1.82, 2.24) is 10.2 Å². The maximum absolute atomic E-state index is 12.7. The largest absolute Gasteiger partial charge is 0.492 e. The zero-order chi connectivity index (χ0) is 20.9. The highest BCUT2D eigenvalue weighted by atomic mass is 16.5. The van der Waals surface area contributed by atoms with Crippen molar-refractivity contribution in [3.63, 3.8) is 0 Å². The van der Waals surface area contributed by atoms with Crippen LogP contribution in [0.5, 0.6) is 5.75 Å². The third-order valence-corrected chi connectivity index (χ3v) is 6.21. The molecule has 0 saturated carbocycles. The number of hydrogen-bond donors (Lipinski definition) is 1. The molecule has 30 heavy (non-hydrogen) atoms. The fraction of sp³-hybridized carbons (Fsp3) is 0.440. The van der Waals surface area contributed by atoms with Crippen molar-refractivity contribution in [2.45, 2.75) is 39.0 Å². The van der Waals surface area contributed by atoms with Crippen LogP contribution in [0.15, 0.2) is 42.5 Å². The molecule has 1 saturated heterocycles. The van der Waals surface area contributed by atoms with Gasteiger partial charge in [0.15, 0.2) is 5.78 Å². The molecule has 0 radical (unpaired) electrons. The maximum Gasteiger partial charge on any atom is 0.317 e. The number of nitrogens with one attached hydrogen (secondary N) is 1. The molecule has 2 aromatic carbocycles. The van der Waals surface area contributed by atoms with E-state index in [9.17, 15) is 9.59 Å². The number of ketones is 1. The molecule has 2 aliphatic rings. The SMILES string of the molecule is Cc1ccc(C(=O)C2CCN(C(=O)NCCOc3ccc4c(c3)CCC4)CC2)cc1. The summed E-state index contributed by atoms with van der Waals surface area (Å²) in [6, 6.07) is 14.0. The van der Waals surface area contributed by atoms with Gasteiger partial charge in [0.25, 0.3) is 0 Å². The molecule has 0 atom stereocenters. The van der Waals surface area contributed by atoms with Gasteiger partial charge in [0, 0.05) is 24.6 Å². The fourth-order valence-electron chi connectivity index (χ4n) is 4.37. The van der Waals surface area contributed by atoms with Crippen molar-refractivity contribution in [1.29, 1.82) is 0 Å². The summed E-state index contributed by atoms with van der Waals surface area (Å²) in [4.78, 5) is 26.9. The van der Waals surface area contributed by atoms with E-state index in [1.165, 1.54) is 24.0 Å². The number of carbonyl (C=O) groups excluding carboxylic acids is 2. The van der Waals surface area contributed by atoms with E-state index in [0.717, 1.165) is 23.3 Å². The Labute approximate surface area is 178 Å². The van der Waals surface area contributed by atoms with Crippen LogP contribution >= 0.6 is 0 Å². The normalized spacial score (nSPS) is 16.2. The Morgan fingerprint density at radius 3 is 2.53 bits per heavy atom. The molecule has 0 spiro atoms. The van der Waals surface area contributed by atoms with Gasteiger partial charge in [-0.1, -0.05) is 35.9 Å². The summed E-state index contributed by atoms with van der Waals surface area (Å²) in [5.74, 6) is 1.07. The van der Waals surface area contributed by atoms with Crippen LogP contribution in [0.4, 0.5) is 4.79 Å². The summed E-state index contributed by atoms with van der Waals surface area (Å²) in [5, 5.41) is 2.93. The topological polar surface area (TPSA) is 58.6 Å². The first kappa shape index (κ1) is 20.5. The Morgan fingerprint density at radius 2 is 1.77 bits per heavy atom. The minimum atomic E-state index is -0.0752. The van der Waals surface area contributed by atoms with Gasteiger partial charge in [-0.3, -0.25) is 4.79 Å². The quantitative estimate of drug-likeness (QED) is 0.579. The minimum absolute atomic E-state index is 0.0000940. The number of likely N-dealkylation sites (tertiary alicyclic amines) is 1. The van der Waals surface area contributed by atoms with Crippen LogP contribution in [0.2, 0.25) is 0 Å². The molecule has 5 nitrogen and oxygen atoms in total. The second-order valence-electron chi connectivity index (χ2n) is 8.36. The third-order valence-electron chi connectivity index (χ3n) is 6.21. The molecular weight excluding hydrogens is 376 g/mol. The van der Waals surface area contributed by atoms with E-state index in [1.54, 1.807) is 4.90 Å². The summed E-state index contributed by atoms with van der Waals surface area (Å²) in [6.45, 7) is 4.16. The Morgan fingerprint density at radius 1 is 1.03 bits per heavy atom. The number of amides is 2. The number of fused-ring (bicyclic) bond motifs is 1. The van der Waals surface area contributed by atoms with Crippen molar-refractivity contribution < 1.29 is 14.3 Å². The van der Waals surface area contributed by atoms with Gasteiger partial charge in [-0.25, -0.2) is 4.79 Å². The van der Waals surface area contributed by atoms with Crippen molar-refractivity contribution in [3.8, 4) is 5.75 Å². The molecule has 0 unspecified atom stereocenters. The lowest BCUT2D eigenvalue weighted by Crippen LogP contribution is -2.46. The monoisotopic (exact) mass is 406 g/mol. The van der Waals surface area contributed by atoms with Crippen molar-refractivity contribution in [2.75, 3.05) is 26.2 Å². The van der Waals surface area contributed by atoms with Gasteiger partial charge in [-0.05, 0) is 62.3 Å². The van der Waals surface area contributed by atoms with Crippen LogP contribution in [0.1, 0.15) is 46.3 Å². The molecular formula is C25H30N2O3. The molecule has 0 bridgehead atoms. The molecule has 1 aliphatic heterocycles. The highest BCUT2D eigenvalue weighted by Gasteiger charge is 2.27. The second kappa shape index (κ2) is 9.33. The molecule has 2 amide bonds. The molecule has 1 fully saturated rings. The van der Waals surface area contributed by atoms with E-state index in [4.69, 9.17) is 4.74 Å². The first-order chi connectivity index (χ1) is 14.6. The number of aryl methyl sites for hydroxylation is 3. The van der Waals surface area contributed by atoms with Crippen LogP contribution in [0.25, 0.3) is 0 Å². The third kappa shape index (κ3) is 4.84. The number of benzene rings is 2. The zero-order valence-corrected chi connectivity index (χ0v) is 17.7. The summed E-state index contributed by atoms with van der Waals surface area (Å²) >= 11 is 0. The van der Waals surface area contributed by atoms with E-state index < -0.39 is 0 Å². The lowest BCUT2D eigenvalue weighted by molar-refractivity contribution is 0.0854. The lowest BCUT2D eigenvalue weighted by Gasteiger charge is -2.31. The van der Waals surface area contributed by atoms with Crippen LogP contribution < -0.4 is 10.1 Å². The van der Waals surface area contributed by atoms with E-state index >= 15 is 0 Å². The van der Waals surface area contributed by atoms with Crippen LogP contribution in [0.3, 0.4) is 0 Å². The van der Waals surface area contributed by atoms with Gasteiger partial charge in [-0.15, -0.1) is 0 Å². The van der Waals surface area contributed by atoms with Gasteiger partial charge in [0.1, 0.15) is 12.4 Å². The highest BCUT2D eigenvalue weighted by molar-refractivity contribution is 5.98. The van der Waals surface area contributed by atoms with Crippen LogP contribution in [0, 0.1) is 12.8 Å². The molecule has 1 N–H and O–H groups in total. The molecule has 1 heterocycles. The maximum atomic E-state index is 12.7. The first-order valence-corrected chi connectivity index (χ1v) is 11.0. The summed E-state index contributed by atoms with van der Waals surface area (Å²) in [5.41, 5.74) is 4.74. The number of piperidine rings is 1. The van der Waals surface area contributed by atoms with Gasteiger partial charge in [0.05, 0.1) is 6.54 Å². The number of rotatable bonds is 6. The Hall–Kier alpha value is -2.82. The predicted octanol–water partition coefficient (Wildman–Crippen LogP) is 4.17. The molecule has 158 valence electrons. The average molecular weight is 407 g/mol. The fourth-order valence-corrected chi connectivity index (χ4v) is 4.37. The van der Waals surface area contributed by atoms with Gasteiger partial charge < -0.3 is 15.0 Å². The number of Topliss-reactive ketones (excluding diaryl/α,β-unsaturated/α-hetero) is 1. The molecule has 5 heteroatoms. The number of ether oxygens (including phenoxy) is 1. The smallest absolute Gasteiger partial charge is 0.317 e. The van der Waals surface area contributed by atoms with Crippen LogP contribution in [-0.2, 0) is 12.8 Å². The molecule has 0 aromatic heterocycles. The van der Waals surface area contributed by atoms with E-state index in [1.807, 2.05) is 37.3 Å². The van der Waals surface area contributed by atoms with Crippen LogP contribution in [-0.4, -0.2) is 43.0 Å². The van der Waals surface area contributed by atoms with Crippen molar-refractivity contribution in [2.24, 2.45) is 5.92 Å². The van der Waals surface area contributed by atoms with Gasteiger partial charge >= 0.3 is 6.03 Å². The Balaban J connectivity index is 1.17. The first-order valence-electron chi connectivity index (χ1n) is 11.0. The lowest BCUT2D eigenvalue weighted by atomic mass is 9.89.